The van der Waals surface area contributed by atoms with Crippen LogP contribution in [0.25, 0.3) is 0 Å². The number of carbonyl (C=O) groups excluding carboxylic acids is 2. The zero-order valence-corrected chi connectivity index (χ0v) is 13.7. The predicted molar refractivity (Wildman–Crippen MR) is 89.1 cm³/mol. The average molecular weight is 317 g/mol. The van der Waals surface area contributed by atoms with Gasteiger partial charge in [-0.3, -0.25) is 0 Å². The monoisotopic (exact) mass is 317 g/mol. The van der Waals surface area contributed by atoms with Crippen LogP contribution in [0.2, 0.25) is 0 Å². The van der Waals surface area contributed by atoms with Crippen LogP contribution in [-0.4, -0.2) is 31.2 Å². The number of hydrogen-bond acceptors (Lipinski definition) is 4. The first-order valence-corrected chi connectivity index (χ1v) is 7.85. The van der Waals surface area contributed by atoms with Crippen molar-refractivity contribution in [3.05, 3.63) is 41.1 Å². The normalized spacial score (nSPS) is 17.3. The number of rotatable bonds is 6. The summed E-state index contributed by atoms with van der Waals surface area (Å²) in [4.78, 5) is 23.8. The van der Waals surface area contributed by atoms with E-state index in [1.807, 2.05) is 24.3 Å². The Labute approximate surface area is 136 Å². The van der Waals surface area contributed by atoms with Gasteiger partial charge in [-0.2, -0.15) is 0 Å². The van der Waals surface area contributed by atoms with Gasteiger partial charge in [-0.05, 0) is 38.0 Å². The molecule has 0 saturated carbocycles. The Bertz CT molecular complexity index is 608. The molecule has 1 aliphatic heterocycles. The third-order valence-electron chi connectivity index (χ3n) is 3.70. The van der Waals surface area contributed by atoms with Crippen molar-refractivity contribution in [1.82, 2.24) is 10.6 Å². The molecule has 2 rings (SSSR count). The lowest BCUT2D eigenvalue weighted by Crippen LogP contribution is -2.50. The molecular weight excluding hydrogens is 294 g/mol. The third-order valence-corrected chi connectivity index (χ3v) is 3.70. The van der Waals surface area contributed by atoms with Crippen LogP contribution in [0.5, 0.6) is 0 Å². The average Bonchev–Trinajstić information content (AvgIpc) is 2.53. The minimum atomic E-state index is -0.411. The van der Waals surface area contributed by atoms with Crippen molar-refractivity contribution in [3.63, 3.8) is 0 Å². The van der Waals surface area contributed by atoms with E-state index in [9.17, 15) is 9.59 Å². The number of nitrogens with one attached hydrogen (secondary N) is 3. The summed E-state index contributed by atoms with van der Waals surface area (Å²) in [5.41, 5.74) is 3.17. The van der Waals surface area contributed by atoms with Crippen molar-refractivity contribution in [2.24, 2.45) is 0 Å². The van der Waals surface area contributed by atoms with Gasteiger partial charge in [0.05, 0.1) is 30.5 Å². The fourth-order valence-corrected chi connectivity index (χ4v) is 2.47. The zero-order valence-electron chi connectivity index (χ0n) is 13.7. The molecule has 0 spiro atoms. The topological polar surface area (TPSA) is 79.5 Å². The van der Waals surface area contributed by atoms with Crippen molar-refractivity contribution in [1.29, 1.82) is 0 Å². The van der Waals surface area contributed by atoms with Gasteiger partial charge in [0.25, 0.3) is 0 Å². The molecule has 3 N–H and O–H groups in total. The lowest BCUT2D eigenvalue weighted by molar-refractivity contribution is -0.138. The minimum Gasteiger partial charge on any atom is -0.463 e. The van der Waals surface area contributed by atoms with Crippen molar-refractivity contribution in [2.75, 3.05) is 18.5 Å². The first kappa shape index (κ1) is 16.9. The van der Waals surface area contributed by atoms with E-state index in [2.05, 4.69) is 22.9 Å². The fraction of sp³-hybridized carbons (Fsp3) is 0.412. The molecule has 1 aliphatic rings. The van der Waals surface area contributed by atoms with Gasteiger partial charge in [0, 0.05) is 5.69 Å². The van der Waals surface area contributed by atoms with Crippen LogP contribution >= 0.6 is 0 Å². The van der Waals surface area contributed by atoms with E-state index >= 15 is 0 Å². The van der Waals surface area contributed by atoms with E-state index in [4.69, 9.17) is 4.74 Å². The molecule has 0 fully saturated rings. The van der Waals surface area contributed by atoms with Crippen LogP contribution in [0.4, 0.5) is 10.5 Å². The maximum atomic E-state index is 12.1. The van der Waals surface area contributed by atoms with Crippen LogP contribution in [0.3, 0.4) is 0 Å². The number of amides is 2. The second kappa shape index (κ2) is 7.67. The Morgan fingerprint density at radius 1 is 1.26 bits per heavy atom. The van der Waals surface area contributed by atoms with Crippen molar-refractivity contribution >= 4 is 17.7 Å². The van der Waals surface area contributed by atoms with Crippen LogP contribution in [0.15, 0.2) is 35.5 Å². The highest BCUT2D eigenvalue weighted by molar-refractivity contribution is 5.94. The first-order chi connectivity index (χ1) is 11.0. The van der Waals surface area contributed by atoms with Crippen LogP contribution < -0.4 is 16.0 Å². The molecule has 1 heterocycles. The summed E-state index contributed by atoms with van der Waals surface area (Å²) in [6, 6.07) is 7.36. The molecule has 124 valence electrons. The summed E-state index contributed by atoms with van der Waals surface area (Å²) in [5.74, 6) is -0.411. The van der Waals surface area contributed by atoms with Gasteiger partial charge in [-0.25, -0.2) is 9.59 Å². The summed E-state index contributed by atoms with van der Waals surface area (Å²) in [5, 5.41) is 8.60. The number of benzene rings is 1. The van der Waals surface area contributed by atoms with Gasteiger partial charge in [0.15, 0.2) is 0 Å². The van der Waals surface area contributed by atoms with E-state index < -0.39 is 5.97 Å². The summed E-state index contributed by atoms with van der Waals surface area (Å²) < 4.78 is 5.08. The molecule has 1 aromatic rings. The molecule has 0 aromatic heterocycles. The van der Waals surface area contributed by atoms with E-state index in [1.54, 1.807) is 13.8 Å². The fourth-order valence-electron chi connectivity index (χ4n) is 2.47. The van der Waals surface area contributed by atoms with E-state index in [0.717, 1.165) is 12.1 Å². The molecule has 0 saturated heterocycles. The number of anilines is 1. The number of carbonyl (C=O) groups is 2. The van der Waals surface area contributed by atoms with Gasteiger partial charge in [0.1, 0.15) is 0 Å². The highest BCUT2D eigenvalue weighted by atomic mass is 16.5. The second-order valence-electron chi connectivity index (χ2n) is 5.34. The maximum Gasteiger partial charge on any atom is 0.337 e. The van der Waals surface area contributed by atoms with Crippen LogP contribution in [0.1, 0.15) is 26.3 Å². The Hall–Kier alpha value is -2.50. The molecule has 2 amide bonds. The van der Waals surface area contributed by atoms with Crippen LogP contribution in [0, 0.1) is 0 Å². The van der Waals surface area contributed by atoms with Gasteiger partial charge in [0.2, 0.25) is 0 Å². The molecule has 1 unspecified atom stereocenters. The van der Waals surface area contributed by atoms with E-state index in [0.29, 0.717) is 24.4 Å². The SMILES string of the molecule is CCOC(=O)C1=C(CNc2ccc(CC)cc2)NC(=O)NC1C. The van der Waals surface area contributed by atoms with Gasteiger partial charge in [-0.15, -0.1) is 0 Å². The molecule has 23 heavy (non-hydrogen) atoms. The van der Waals surface area contributed by atoms with Crippen LogP contribution in [-0.2, 0) is 16.0 Å². The molecule has 0 bridgehead atoms. The quantitative estimate of drug-likeness (QED) is 0.703. The number of ether oxygens (including phenoxy) is 1. The van der Waals surface area contributed by atoms with Gasteiger partial charge in [-0.1, -0.05) is 19.1 Å². The summed E-state index contributed by atoms with van der Waals surface area (Å²) in [6.45, 7) is 6.26. The predicted octanol–water partition coefficient (Wildman–Crippen LogP) is 2.18. The molecule has 1 aromatic carbocycles. The molecule has 0 aliphatic carbocycles. The lowest BCUT2D eigenvalue weighted by Gasteiger charge is -2.27. The standard InChI is InChI=1S/C17H23N3O3/c1-4-12-6-8-13(9-7-12)18-10-14-15(16(21)23-5-2)11(3)19-17(22)20-14/h6-9,11,18H,4-5,10H2,1-3H3,(H2,19,20,22). The Balaban J connectivity index is 2.15. The molecular formula is C17H23N3O3. The summed E-state index contributed by atoms with van der Waals surface area (Å²) >= 11 is 0. The van der Waals surface area contributed by atoms with E-state index in [1.165, 1.54) is 5.56 Å². The third kappa shape index (κ3) is 4.25. The molecule has 6 nitrogen and oxygen atoms in total. The largest absolute Gasteiger partial charge is 0.463 e. The summed E-state index contributed by atoms with van der Waals surface area (Å²) in [7, 11) is 0. The highest BCUT2D eigenvalue weighted by Crippen LogP contribution is 2.16. The number of esters is 1. The van der Waals surface area contributed by atoms with Crippen molar-refractivity contribution < 1.29 is 14.3 Å². The number of urea groups is 1. The van der Waals surface area contributed by atoms with Crippen molar-refractivity contribution in [2.45, 2.75) is 33.2 Å². The first-order valence-electron chi connectivity index (χ1n) is 7.85. The Morgan fingerprint density at radius 2 is 1.96 bits per heavy atom. The second-order valence-corrected chi connectivity index (χ2v) is 5.34. The Morgan fingerprint density at radius 3 is 2.57 bits per heavy atom. The summed E-state index contributed by atoms with van der Waals surface area (Å²) in [6.07, 6.45) is 0.984. The van der Waals surface area contributed by atoms with Gasteiger partial charge >= 0.3 is 12.0 Å². The lowest BCUT2D eigenvalue weighted by atomic mass is 10.0. The Kier molecular flexibility index (Phi) is 5.62. The number of hydrogen-bond donors (Lipinski definition) is 3. The zero-order chi connectivity index (χ0) is 16.8. The van der Waals surface area contributed by atoms with Crippen molar-refractivity contribution in [3.8, 4) is 0 Å². The minimum absolute atomic E-state index is 0.294. The van der Waals surface area contributed by atoms with E-state index in [-0.39, 0.29) is 12.1 Å². The highest BCUT2D eigenvalue weighted by Gasteiger charge is 2.29. The van der Waals surface area contributed by atoms with Gasteiger partial charge < -0.3 is 20.7 Å². The molecule has 6 heteroatoms. The molecule has 0 radical (unpaired) electrons. The number of aryl methyl sites for hydroxylation is 1. The molecule has 1 atom stereocenters. The maximum absolute atomic E-state index is 12.1. The smallest absolute Gasteiger partial charge is 0.337 e.